The molecule has 0 aliphatic rings. The lowest BCUT2D eigenvalue weighted by Crippen LogP contribution is -2.24. The van der Waals surface area contributed by atoms with Crippen LogP contribution in [-0.4, -0.2) is 45.9 Å². The normalized spacial score (nSPS) is 12.3. The zero-order chi connectivity index (χ0) is 29.8. The Hall–Kier alpha value is -3.80. The molecule has 0 saturated heterocycles. The second-order valence-electron chi connectivity index (χ2n) is 10.3. The average Bonchev–Trinajstić information content (AvgIpc) is 3.38. The molecule has 0 saturated carbocycles. The van der Waals surface area contributed by atoms with Gasteiger partial charge in [0, 0.05) is 36.7 Å². The van der Waals surface area contributed by atoms with E-state index in [0.717, 1.165) is 36.8 Å². The molecule has 0 spiro atoms. The van der Waals surface area contributed by atoms with Crippen LogP contribution >= 0.6 is 0 Å². The van der Waals surface area contributed by atoms with Crippen LogP contribution in [0.2, 0.25) is 0 Å². The number of unbranched alkanes of at least 4 members (excludes halogenated alkanes) is 5. The number of aliphatic hydroxyl groups excluding tert-OH is 1. The van der Waals surface area contributed by atoms with Gasteiger partial charge in [-0.15, -0.1) is 0 Å². The first-order chi connectivity index (χ1) is 20.4. The number of sulfonamides is 1. The molecule has 11 heteroatoms. The summed E-state index contributed by atoms with van der Waals surface area (Å²) in [6.07, 6.45) is 11.7. The minimum Gasteiger partial charge on any atom is -0.387 e. The lowest BCUT2D eigenvalue weighted by atomic mass is 10.1. The van der Waals surface area contributed by atoms with Gasteiger partial charge < -0.3 is 10.4 Å². The molecule has 3 N–H and O–H groups in total. The van der Waals surface area contributed by atoms with Crippen LogP contribution in [0.15, 0.2) is 89.1 Å². The number of aryl methyl sites for hydroxylation is 1. The molecule has 0 amide bonds. The largest absolute Gasteiger partial charge is 0.387 e. The third-order valence-corrected chi connectivity index (χ3v) is 8.48. The van der Waals surface area contributed by atoms with Gasteiger partial charge in [0.05, 0.1) is 16.7 Å². The fourth-order valence-electron chi connectivity index (χ4n) is 4.61. The van der Waals surface area contributed by atoms with Crippen LogP contribution in [0, 0.1) is 0 Å². The van der Waals surface area contributed by atoms with E-state index in [1.54, 1.807) is 42.7 Å². The molecule has 1 atom stereocenters. The number of benzene rings is 2. The quantitative estimate of drug-likeness (QED) is 0.154. The summed E-state index contributed by atoms with van der Waals surface area (Å²) in [4.78, 5) is 16.9. The van der Waals surface area contributed by atoms with E-state index in [4.69, 9.17) is 0 Å². The molecule has 4 rings (SSSR count). The second kappa shape index (κ2) is 15.4. The summed E-state index contributed by atoms with van der Waals surface area (Å²) in [5.41, 5.74) is 2.57. The van der Waals surface area contributed by atoms with Crippen molar-refractivity contribution in [2.45, 2.75) is 69.4 Å². The van der Waals surface area contributed by atoms with Gasteiger partial charge in [-0.1, -0.05) is 57.2 Å². The van der Waals surface area contributed by atoms with Crippen molar-refractivity contribution in [3.05, 3.63) is 101 Å². The Morgan fingerprint density at radius 2 is 1.69 bits per heavy atom. The molecule has 0 bridgehead atoms. The highest BCUT2D eigenvalue weighted by atomic mass is 32.2. The van der Waals surface area contributed by atoms with E-state index in [1.165, 1.54) is 47.0 Å². The van der Waals surface area contributed by atoms with Crippen molar-refractivity contribution in [3.8, 4) is 5.69 Å². The highest BCUT2D eigenvalue weighted by molar-refractivity contribution is 7.92. The van der Waals surface area contributed by atoms with Crippen molar-refractivity contribution >= 4 is 15.7 Å². The molecule has 0 fully saturated rings. The Morgan fingerprint density at radius 1 is 0.952 bits per heavy atom. The smallest absolute Gasteiger partial charge is 0.350 e. The molecule has 2 aromatic heterocycles. The number of hydrogen-bond acceptors (Lipinski definition) is 7. The summed E-state index contributed by atoms with van der Waals surface area (Å²) in [5.74, 6) is 0. The predicted octanol–water partition coefficient (Wildman–Crippen LogP) is 4.46. The molecule has 0 aliphatic carbocycles. The van der Waals surface area contributed by atoms with Crippen molar-refractivity contribution in [2.75, 3.05) is 17.8 Å². The number of pyridine rings is 1. The first-order valence-corrected chi connectivity index (χ1v) is 16.0. The van der Waals surface area contributed by atoms with Crippen LogP contribution in [0.1, 0.15) is 62.7 Å². The molecule has 2 aromatic carbocycles. The fraction of sp³-hybridized carbons (Fsp3) is 0.387. The monoisotopic (exact) mass is 592 g/mol. The number of nitrogens with one attached hydrogen (secondary N) is 2. The first-order valence-electron chi connectivity index (χ1n) is 14.5. The fourth-order valence-corrected chi connectivity index (χ4v) is 5.67. The number of aromatic nitrogens is 4. The standard InChI is InChI=1S/C31H40N6O4S/c1-2-3-4-5-6-7-21-37-31(39)36(24-34-37)28-14-16-29(17-15-28)42(40,41)35-27-12-10-25(11-13-27)18-20-33-23-30(38)26-9-8-19-32-22-26/h8-17,19,22,24,30,33,35,38H,2-7,18,20-21,23H2,1H3/t30-/m0/s1. The SMILES string of the molecule is CCCCCCCCn1ncn(-c2ccc(S(=O)(=O)Nc3ccc(CCNC[C@H](O)c4cccnc4)cc3)cc2)c1=O. The van der Waals surface area contributed by atoms with E-state index in [2.05, 4.69) is 27.0 Å². The molecule has 0 unspecified atom stereocenters. The van der Waals surface area contributed by atoms with Crippen LogP contribution in [-0.2, 0) is 23.0 Å². The summed E-state index contributed by atoms with van der Waals surface area (Å²) in [6.45, 7) is 3.83. The second-order valence-corrected chi connectivity index (χ2v) is 12.0. The van der Waals surface area contributed by atoms with Gasteiger partial charge in [0.25, 0.3) is 10.0 Å². The highest BCUT2D eigenvalue weighted by Gasteiger charge is 2.15. The maximum absolute atomic E-state index is 13.0. The average molecular weight is 593 g/mol. The topological polar surface area (TPSA) is 131 Å². The van der Waals surface area contributed by atoms with Gasteiger partial charge in [-0.25, -0.2) is 22.5 Å². The van der Waals surface area contributed by atoms with Crippen molar-refractivity contribution in [3.63, 3.8) is 0 Å². The maximum Gasteiger partial charge on any atom is 0.350 e. The molecular weight excluding hydrogens is 552 g/mol. The van der Waals surface area contributed by atoms with Crippen molar-refractivity contribution in [2.24, 2.45) is 0 Å². The van der Waals surface area contributed by atoms with Crippen LogP contribution < -0.4 is 15.7 Å². The Balaban J connectivity index is 1.26. The van der Waals surface area contributed by atoms with E-state index in [9.17, 15) is 18.3 Å². The van der Waals surface area contributed by atoms with Gasteiger partial charge in [0.15, 0.2) is 0 Å². The molecule has 4 aromatic rings. The number of nitrogens with zero attached hydrogens (tertiary/aromatic N) is 4. The van der Waals surface area contributed by atoms with Crippen LogP contribution in [0.4, 0.5) is 5.69 Å². The molecule has 0 aliphatic heterocycles. The van der Waals surface area contributed by atoms with Gasteiger partial charge in [-0.05, 0) is 67.4 Å². The van der Waals surface area contributed by atoms with Crippen LogP contribution in [0.3, 0.4) is 0 Å². The lowest BCUT2D eigenvalue weighted by molar-refractivity contribution is 0.174. The van der Waals surface area contributed by atoms with Gasteiger partial charge in [0.2, 0.25) is 0 Å². The maximum atomic E-state index is 13.0. The minimum atomic E-state index is -3.81. The molecular formula is C31H40N6O4S. The van der Waals surface area contributed by atoms with E-state index in [0.29, 0.717) is 31.0 Å². The number of anilines is 1. The predicted molar refractivity (Wildman–Crippen MR) is 164 cm³/mol. The number of hydrogen-bond donors (Lipinski definition) is 3. The van der Waals surface area contributed by atoms with Gasteiger partial charge >= 0.3 is 5.69 Å². The molecule has 10 nitrogen and oxygen atoms in total. The Bertz CT molecular complexity index is 1540. The number of aliphatic hydroxyl groups is 1. The number of rotatable bonds is 17. The summed E-state index contributed by atoms with van der Waals surface area (Å²) in [5, 5.41) is 17.7. The van der Waals surface area contributed by atoms with E-state index in [-0.39, 0.29) is 10.6 Å². The van der Waals surface area contributed by atoms with Crippen molar-refractivity contribution in [1.82, 2.24) is 24.6 Å². The Labute approximate surface area is 247 Å². The lowest BCUT2D eigenvalue weighted by Gasteiger charge is -2.12. The van der Waals surface area contributed by atoms with Gasteiger partial charge in [-0.2, -0.15) is 5.10 Å². The van der Waals surface area contributed by atoms with Crippen LogP contribution in [0.25, 0.3) is 5.69 Å². The summed E-state index contributed by atoms with van der Waals surface area (Å²) >= 11 is 0. The van der Waals surface area contributed by atoms with Crippen LogP contribution in [0.5, 0.6) is 0 Å². The van der Waals surface area contributed by atoms with E-state index < -0.39 is 16.1 Å². The molecule has 42 heavy (non-hydrogen) atoms. The Morgan fingerprint density at radius 3 is 2.40 bits per heavy atom. The van der Waals surface area contributed by atoms with E-state index >= 15 is 0 Å². The molecule has 224 valence electrons. The van der Waals surface area contributed by atoms with Crippen molar-refractivity contribution < 1.29 is 13.5 Å². The first kappa shape index (κ1) is 31.1. The van der Waals surface area contributed by atoms with E-state index in [1.807, 2.05) is 18.2 Å². The summed E-state index contributed by atoms with van der Waals surface area (Å²) in [7, 11) is -3.81. The van der Waals surface area contributed by atoms with Gasteiger partial charge in [-0.3, -0.25) is 9.71 Å². The van der Waals surface area contributed by atoms with Gasteiger partial charge in [0.1, 0.15) is 6.33 Å². The third-order valence-electron chi connectivity index (χ3n) is 7.09. The minimum absolute atomic E-state index is 0.0965. The third kappa shape index (κ3) is 8.85. The van der Waals surface area contributed by atoms with Crippen molar-refractivity contribution in [1.29, 1.82) is 0 Å². The zero-order valence-electron chi connectivity index (χ0n) is 24.0. The summed E-state index contributed by atoms with van der Waals surface area (Å²) < 4.78 is 31.4. The highest BCUT2D eigenvalue weighted by Crippen LogP contribution is 2.18. The zero-order valence-corrected chi connectivity index (χ0v) is 24.8. The Kier molecular flexibility index (Phi) is 11.4. The molecule has 0 radical (unpaired) electrons. The molecule has 2 heterocycles. The summed E-state index contributed by atoms with van der Waals surface area (Å²) in [6, 6.07) is 17.0.